The molecule has 0 radical (unpaired) electrons. The molecule has 2 heterocycles. The first kappa shape index (κ1) is 36.4. The summed E-state index contributed by atoms with van der Waals surface area (Å²) in [4.78, 5) is 15.9. The van der Waals surface area contributed by atoms with E-state index >= 15 is 0 Å². The molecule has 0 aliphatic carbocycles. The van der Waals surface area contributed by atoms with Crippen LogP contribution in [0.4, 0.5) is 0 Å². The van der Waals surface area contributed by atoms with Crippen LogP contribution in [0.15, 0.2) is 236 Å². The molecule has 1 aromatic heterocycles. The molecule has 8 aromatic carbocycles. The number of benzene rings is 8. The minimum Gasteiger partial charge on any atom is -0.359 e. The molecule has 1 N–H and O–H groups in total. The summed E-state index contributed by atoms with van der Waals surface area (Å²) in [6, 6.07) is 78.3. The van der Waals surface area contributed by atoms with Crippen LogP contribution in [-0.2, 0) is 0 Å². The van der Waals surface area contributed by atoms with Crippen molar-refractivity contribution in [3.8, 4) is 67.3 Å². The van der Waals surface area contributed by atoms with E-state index in [0.29, 0.717) is 5.82 Å². The lowest BCUT2D eigenvalue weighted by Gasteiger charge is -2.27. The van der Waals surface area contributed by atoms with E-state index in [0.717, 1.165) is 89.6 Å². The van der Waals surface area contributed by atoms with Gasteiger partial charge in [0.2, 0.25) is 0 Å². The quantitative estimate of drug-likeness (QED) is 0.159. The second-order valence-electron chi connectivity index (χ2n) is 14.8. The third-order valence-corrected chi connectivity index (χ3v) is 11.0. The highest BCUT2D eigenvalue weighted by Gasteiger charge is 2.24. The van der Waals surface area contributed by atoms with E-state index in [1.807, 2.05) is 18.2 Å². The fourth-order valence-electron chi connectivity index (χ4n) is 8.03. The van der Waals surface area contributed by atoms with Gasteiger partial charge in [-0.2, -0.15) is 0 Å². The first-order chi connectivity index (χ1) is 29.7. The summed E-state index contributed by atoms with van der Waals surface area (Å²) in [6.07, 6.45) is 1.81. The minimum atomic E-state index is -0.354. The highest BCUT2D eigenvalue weighted by molar-refractivity contribution is 6.13. The van der Waals surface area contributed by atoms with E-state index in [9.17, 15) is 0 Å². The average Bonchev–Trinajstić information content (AvgIpc) is 3.35. The summed E-state index contributed by atoms with van der Waals surface area (Å²) < 4.78 is 0. The van der Waals surface area contributed by atoms with E-state index < -0.39 is 0 Å². The van der Waals surface area contributed by atoms with E-state index in [1.165, 1.54) is 0 Å². The number of nitrogens with one attached hydrogen (secondary N) is 1. The summed E-state index contributed by atoms with van der Waals surface area (Å²) in [5.74, 6) is 0.664. The normalized spacial score (nSPS) is 13.5. The van der Waals surface area contributed by atoms with Gasteiger partial charge >= 0.3 is 0 Å². The smallest absolute Gasteiger partial charge is 0.160 e. The molecule has 1 aliphatic rings. The van der Waals surface area contributed by atoms with Crippen LogP contribution in [0.3, 0.4) is 0 Å². The maximum atomic E-state index is 5.40. The molecule has 0 saturated carbocycles. The van der Waals surface area contributed by atoms with Gasteiger partial charge in [-0.05, 0) is 62.7 Å². The number of aromatic nitrogens is 2. The van der Waals surface area contributed by atoms with E-state index in [-0.39, 0.29) is 6.17 Å². The fraction of sp³-hybridized carbons (Fsp3) is 0.0179. The standard InChI is InChI=1S/C56H40N4/c1-6-20-39(21-7-1)45-30-16-17-31-46(45)50-36-44(55-57-51(40-22-8-2-9-23-40)37-52(58-55)41-24-10-3-11-25-41)34-35-48(50)47-32-18-19-33-49(47)56-59-53(42-26-12-4-13-27-42)38-54(60-56)43-28-14-5-15-29-43/h1-38,56,59H. The molecule has 10 rings (SSSR count). The van der Waals surface area contributed by atoms with Crippen LogP contribution in [0.25, 0.3) is 73.0 Å². The van der Waals surface area contributed by atoms with Gasteiger partial charge < -0.3 is 5.32 Å². The highest BCUT2D eigenvalue weighted by Crippen LogP contribution is 2.43. The van der Waals surface area contributed by atoms with Crippen molar-refractivity contribution in [1.29, 1.82) is 0 Å². The zero-order chi connectivity index (χ0) is 40.1. The molecular formula is C56H40N4. The predicted molar refractivity (Wildman–Crippen MR) is 248 cm³/mol. The van der Waals surface area contributed by atoms with Crippen LogP contribution in [0.2, 0.25) is 0 Å². The van der Waals surface area contributed by atoms with E-state index in [1.54, 1.807) is 0 Å². The van der Waals surface area contributed by atoms with Crippen LogP contribution in [-0.4, -0.2) is 15.7 Å². The summed E-state index contributed by atoms with van der Waals surface area (Å²) in [6.45, 7) is 0. The second-order valence-corrected chi connectivity index (χ2v) is 14.8. The number of nitrogens with zero attached hydrogens (tertiary/aromatic N) is 3. The number of rotatable bonds is 9. The van der Waals surface area contributed by atoms with Crippen LogP contribution in [0.5, 0.6) is 0 Å². The van der Waals surface area contributed by atoms with Crippen molar-refractivity contribution in [2.75, 3.05) is 0 Å². The Hall–Kier alpha value is -7.95. The summed E-state index contributed by atoms with van der Waals surface area (Å²) in [5.41, 5.74) is 16.6. The van der Waals surface area contributed by atoms with Crippen molar-refractivity contribution < 1.29 is 0 Å². The molecule has 4 heteroatoms. The monoisotopic (exact) mass is 768 g/mol. The van der Waals surface area contributed by atoms with Crippen molar-refractivity contribution in [3.63, 3.8) is 0 Å². The van der Waals surface area contributed by atoms with Crippen LogP contribution < -0.4 is 5.32 Å². The molecule has 1 aliphatic heterocycles. The Bertz CT molecular complexity index is 2920. The van der Waals surface area contributed by atoms with Crippen molar-refractivity contribution in [2.45, 2.75) is 6.17 Å². The highest BCUT2D eigenvalue weighted by atomic mass is 15.1. The van der Waals surface area contributed by atoms with E-state index in [4.69, 9.17) is 15.0 Å². The van der Waals surface area contributed by atoms with Crippen molar-refractivity contribution in [2.24, 2.45) is 4.99 Å². The third kappa shape index (κ3) is 7.46. The molecule has 1 unspecified atom stereocenters. The number of hydrogen-bond acceptors (Lipinski definition) is 4. The van der Waals surface area contributed by atoms with Gasteiger partial charge in [0.05, 0.1) is 17.1 Å². The van der Waals surface area contributed by atoms with Gasteiger partial charge in [0, 0.05) is 28.0 Å². The van der Waals surface area contributed by atoms with Gasteiger partial charge in [-0.15, -0.1) is 0 Å². The number of hydrogen-bond donors (Lipinski definition) is 1. The Morgan fingerprint density at radius 2 is 0.800 bits per heavy atom. The summed E-state index contributed by atoms with van der Waals surface area (Å²) >= 11 is 0. The first-order valence-corrected chi connectivity index (χ1v) is 20.3. The molecule has 0 saturated heterocycles. The van der Waals surface area contributed by atoms with Gasteiger partial charge in [-0.3, -0.25) is 4.99 Å². The first-order valence-electron chi connectivity index (χ1n) is 20.3. The molecular weight excluding hydrogens is 729 g/mol. The Morgan fingerprint density at radius 1 is 0.333 bits per heavy atom. The maximum absolute atomic E-state index is 5.40. The molecule has 4 nitrogen and oxygen atoms in total. The molecule has 0 amide bonds. The lowest BCUT2D eigenvalue weighted by atomic mass is 9.86. The van der Waals surface area contributed by atoms with Crippen LogP contribution >= 0.6 is 0 Å². The van der Waals surface area contributed by atoms with Gasteiger partial charge in [0.15, 0.2) is 5.82 Å². The van der Waals surface area contributed by atoms with Crippen LogP contribution in [0, 0.1) is 0 Å². The predicted octanol–water partition coefficient (Wildman–Crippen LogP) is 13.6. The molecule has 9 aromatic rings. The van der Waals surface area contributed by atoms with Crippen molar-refractivity contribution in [1.82, 2.24) is 15.3 Å². The summed E-state index contributed by atoms with van der Waals surface area (Å²) in [5, 5.41) is 3.83. The van der Waals surface area contributed by atoms with Crippen LogP contribution in [0.1, 0.15) is 22.9 Å². The minimum absolute atomic E-state index is 0.354. The Kier molecular flexibility index (Phi) is 10.0. The zero-order valence-electron chi connectivity index (χ0n) is 32.9. The molecule has 0 bridgehead atoms. The summed E-state index contributed by atoms with van der Waals surface area (Å²) in [7, 11) is 0. The SMILES string of the molecule is C1=C(c2ccccc2)NC(c2ccccc2-c2ccc(-c3nc(-c4ccccc4)cc(-c4ccccc4)n3)cc2-c2ccccc2-c2ccccc2)N=C1c1ccccc1. The second kappa shape index (κ2) is 16.5. The van der Waals surface area contributed by atoms with Gasteiger partial charge in [-0.1, -0.05) is 212 Å². The molecule has 0 spiro atoms. The lowest BCUT2D eigenvalue weighted by molar-refractivity contribution is 0.665. The van der Waals surface area contributed by atoms with Gasteiger partial charge in [0.25, 0.3) is 0 Å². The topological polar surface area (TPSA) is 50.2 Å². The number of allylic oxidation sites excluding steroid dienone is 1. The molecule has 0 fully saturated rings. The Labute approximate surface area is 351 Å². The molecule has 284 valence electrons. The molecule has 60 heavy (non-hydrogen) atoms. The average molecular weight is 769 g/mol. The third-order valence-electron chi connectivity index (χ3n) is 11.0. The lowest BCUT2D eigenvalue weighted by Crippen LogP contribution is -2.25. The van der Waals surface area contributed by atoms with E-state index in [2.05, 4.69) is 218 Å². The largest absolute Gasteiger partial charge is 0.359 e. The Balaban J connectivity index is 1.17. The zero-order valence-corrected chi connectivity index (χ0v) is 32.9. The Morgan fingerprint density at radius 3 is 1.40 bits per heavy atom. The van der Waals surface area contributed by atoms with Crippen molar-refractivity contribution >= 4 is 11.4 Å². The molecule has 1 atom stereocenters. The van der Waals surface area contributed by atoms with Gasteiger partial charge in [-0.25, -0.2) is 9.97 Å². The number of aliphatic imine (C=N–C) groups is 1. The fourth-order valence-corrected chi connectivity index (χ4v) is 8.03. The maximum Gasteiger partial charge on any atom is 0.160 e. The van der Waals surface area contributed by atoms with Gasteiger partial charge in [0.1, 0.15) is 6.17 Å². The van der Waals surface area contributed by atoms with Crippen molar-refractivity contribution in [3.05, 3.63) is 247 Å².